The molecule has 2 aromatic rings. The van der Waals surface area contributed by atoms with Crippen molar-refractivity contribution in [3.05, 3.63) is 34.6 Å². The standard InChI is InChI=1S/C12H13ClN4O2/c1-7-4-9(11(19-3)5-8(7)13)14-12(18)10-6-17(2)16-15-10/h4-6H,1-3H3,(H,14,18). The van der Waals surface area contributed by atoms with Gasteiger partial charge in [0.25, 0.3) is 5.91 Å². The molecular formula is C12H13ClN4O2. The molecule has 0 aliphatic rings. The number of rotatable bonds is 3. The van der Waals surface area contributed by atoms with Crippen LogP contribution in [0.15, 0.2) is 18.3 Å². The highest BCUT2D eigenvalue weighted by atomic mass is 35.5. The number of nitrogens with one attached hydrogen (secondary N) is 1. The Kier molecular flexibility index (Phi) is 3.71. The molecule has 6 nitrogen and oxygen atoms in total. The average molecular weight is 281 g/mol. The van der Waals surface area contributed by atoms with Gasteiger partial charge < -0.3 is 10.1 Å². The lowest BCUT2D eigenvalue weighted by molar-refractivity contribution is 0.102. The molecule has 7 heteroatoms. The Balaban J connectivity index is 2.28. The fraction of sp³-hybridized carbons (Fsp3) is 0.250. The Bertz CT molecular complexity index is 624. The molecule has 1 amide bonds. The van der Waals surface area contributed by atoms with Crippen molar-refractivity contribution in [2.45, 2.75) is 6.92 Å². The lowest BCUT2D eigenvalue weighted by Crippen LogP contribution is -2.13. The highest BCUT2D eigenvalue weighted by molar-refractivity contribution is 6.31. The van der Waals surface area contributed by atoms with E-state index in [9.17, 15) is 4.79 Å². The fourth-order valence-corrected chi connectivity index (χ4v) is 1.72. The van der Waals surface area contributed by atoms with Crippen LogP contribution < -0.4 is 10.1 Å². The molecule has 100 valence electrons. The van der Waals surface area contributed by atoms with Crippen molar-refractivity contribution in [1.82, 2.24) is 15.0 Å². The van der Waals surface area contributed by atoms with Gasteiger partial charge in [0.1, 0.15) is 5.75 Å². The smallest absolute Gasteiger partial charge is 0.277 e. The number of amides is 1. The lowest BCUT2D eigenvalue weighted by Gasteiger charge is -2.11. The SMILES string of the molecule is COc1cc(Cl)c(C)cc1NC(=O)c1cn(C)nn1. The van der Waals surface area contributed by atoms with E-state index < -0.39 is 0 Å². The number of nitrogens with zero attached hydrogens (tertiary/aromatic N) is 3. The number of hydrogen-bond acceptors (Lipinski definition) is 4. The molecule has 1 aromatic heterocycles. The van der Waals surface area contributed by atoms with Crippen LogP contribution in [0, 0.1) is 6.92 Å². The summed E-state index contributed by atoms with van der Waals surface area (Å²) in [7, 11) is 3.20. The van der Waals surface area contributed by atoms with Gasteiger partial charge in [0.05, 0.1) is 19.0 Å². The predicted molar refractivity (Wildman–Crippen MR) is 71.7 cm³/mol. The van der Waals surface area contributed by atoms with Gasteiger partial charge in [0.2, 0.25) is 0 Å². The number of aromatic nitrogens is 3. The molecule has 2 rings (SSSR count). The number of anilines is 1. The summed E-state index contributed by atoms with van der Waals surface area (Å²) in [6, 6.07) is 3.40. The Morgan fingerprint density at radius 1 is 1.47 bits per heavy atom. The normalized spacial score (nSPS) is 10.3. The molecule has 1 heterocycles. The molecule has 1 aromatic carbocycles. The number of ether oxygens (including phenoxy) is 1. The molecule has 19 heavy (non-hydrogen) atoms. The van der Waals surface area contributed by atoms with Gasteiger partial charge in [-0.3, -0.25) is 9.48 Å². The molecule has 0 aliphatic carbocycles. The van der Waals surface area contributed by atoms with E-state index in [1.54, 1.807) is 19.2 Å². The van der Waals surface area contributed by atoms with Gasteiger partial charge in [-0.1, -0.05) is 16.8 Å². The maximum atomic E-state index is 12.0. The zero-order valence-electron chi connectivity index (χ0n) is 10.8. The Labute approximate surface area is 115 Å². The lowest BCUT2D eigenvalue weighted by atomic mass is 10.2. The van der Waals surface area contributed by atoms with Crippen LogP contribution in [0.5, 0.6) is 5.75 Å². The summed E-state index contributed by atoms with van der Waals surface area (Å²) in [5, 5.41) is 10.7. The van der Waals surface area contributed by atoms with Gasteiger partial charge in [0, 0.05) is 18.1 Å². The molecule has 0 saturated heterocycles. The topological polar surface area (TPSA) is 69.0 Å². The number of methoxy groups -OCH3 is 1. The molecule has 1 N–H and O–H groups in total. The summed E-state index contributed by atoms with van der Waals surface area (Å²) < 4.78 is 6.64. The van der Waals surface area contributed by atoms with E-state index in [1.807, 2.05) is 6.92 Å². The minimum absolute atomic E-state index is 0.233. The molecule has 0 atom stereocenters. The number of halogens is 1. The minimum atomic E-state index is -0.354. The van der Waals surface area contributed by atoms with Crippen molar-refractivity contribution in [3.63, 3.8) is 0 Å². The van der Waals surface area contributed by atoms with Crippen molar-refractivity contribution in [2.75, 3.05) is 12.4 Å². The molecule has 0 fully saturated rings. The molecule has 0 radical (unpaired) electrons. The van der Waals surface area contributed by atoms with Crippen molar-refractivity contribution in [2.24, 2.45) is 7.05 Å². The summed E-state index contributed by atoms with van der Waals surface area (Å²) in [4.78, 5) is 12.0. The highest BCUT2D eigenvalue weighted by Crippen LogP contribution is 2.31. The predicted octanol–water partition coefficient (Wildman–Crippen LogP) is 2.04. The van der Waals surface area contributed by atoms with E-state index in [2.05, 4.69) is 15.6 Å². The van der Waals surface area contributed by atoms with Crippen LogP contribution in [0.2, 0.25) is 5.02 Å². The van der Waals surface area contributed by atoms with E-state index in [4.69, 9.17) is 16.3 Å². The Morgan fingerprint density at radius 3 is 2.79 bits per heavy atom. The van der Waals surface area contributed by atoms with E-state index in [0.717, 1.165) is 5.56 Å². The van der Waals surface area contributed by atoms with Gasteiger partial charge >= 0.3 is 0 Å². The van der Waals surface area contributed by atoms with Crippen molar-refractivity contribution < 1.29 is 9.53 Å². The Morgan fingerprint density at radius 2 is 2.21 bits per heavy atom. The van der Waals surface area contributed by atoms with Crippen molar-refractivity contribution >= 4 is 23.2 Å². The summed E-state index contributed by atoms with van der Waals surface area (Å²) in [5.41, 5.74) is 1.62. The number of carbonyl (C=O) groups excluding carboxylic acids is 1. The van der Waals surface area contributed by atoms with Crippen LogP contribution in [0.4, 0.5) is 5.69 Å². The third kappa shape index (κ3) is 2.85. The van der Waals surface area contributed by atoms with Crippen LogP contribution in [-0.4, -0.2) is 28.0 Å². The van der Waals surface area contributed by atoms with Gasteiger partial charge in [-0.05, 0) is 18.6 Å². The zero-order chi connectivity index (χ0) is 14.0. The first-order chi connectivity index (χ1) is 9.01. The molecule has 0 bridgehead atoms. The van der Waals surface area contributed by atoms with E-state index in [-0.39, 0.29) is 11.6 Å². The third-order valence-corrected chi connectivity index (χ3v) is 2.97. The molecule has 0 aliphatic heterocycles. The number of hydrogen-bond donors (Lipinski definition) is 1. The second-order valence-electron chi connectivity index (χ2n) is 4.03. The average Bonchev–Trinajstić information content (AvgIpc) is 2.80. The summed E-state index contributed by atoms with van der Waals surface area (Å²) in [6.45, 7) is 1.85. The zero-order valence-corrected chi connectivity index (χ0v) is 11.5. The first kappa shape index (κ1) is 13.4. The number of carbonyl (C=O) groups is 1. The molecule has 0 spiro atoms. The van der Waals surface area contributed by atoms with Gasteiger partial charge in [0.15, 0.2) is 5.69 Å². The van der Waals surface area contributed by atoms with Crippen molar-refractivity contribution in [3.8, 4) is 5.75 Å². The summed E-state index contributed by atoms with van der Waals surface area (Å²) in [5.74, 6) is 0.140. The van der Waals surface area contributed by atoms with Gasteiger partial charge in [-0.2, -0.15) is 0 Å². The number of benzene rings is 1. The number of aryl methyl sites for hydroxylation is 2. The van der Waals surface area contributed by atoms with Crippen LogP contribution in [0.1, 0.15) is 16.1 Å². The van der Waals surface area contributed by atoms with E-state index >= 15 is 0 Å². The highest BCUT2D eigenvalue weighted by Gasteiger charge is 2.14. The molecule has 0 saturated carbocycles. The van der Waals surface area contributed by atoms with Crippen LogP contribution in [-0.2, 0) is 7.05 Å². The molecule has 0 unspecified atom stereocenters. The maximum absolute atomic E-state index is 12.0. The van der Waals surface area contributed by atoms with Crippen molar-refractivity contribution in [1.29, 1.82) is 0 Å². The first-order valence-corrected chi connectivity index (χ1v) is 5.91. The second-order valence-corrected chi connectivity index (χ2v) is 4.44. The maximum Gasteiger partial charge on any atom is 0.277 e. The summed E-state index contributed by atoms with van der Waals surface area (Å²) in [6.07, 6.45) is 1.53. The van der Waals surface area contributed by atoms with Gasteiger partial charge in [-0.25, -0.2) is 0 Å². The van der Waals surface area contributed by atoms with Crippen LogP contribution in [0.3, 0.4) is 0 Å². The quantitative estimate of drug-likeness (QED) is 0.934. The van der Waals surface area contributed by atoms with E-state index in [0.29, 0.717) is 16.5 Å². The summed E-state index contributed by atoms with van der Waals surface area (Å²) >= 11 is 6.00. The monoisotopic (exact) mass is 280 g/mol. The minimum Gasteiger partial charge on any atom is -0.495 e. The first-order valence-electron chi connectivity index (χ1n) is 5.53. The largest absolute Gasteiger partial charge is 0.495 e. The fourth-order valence-electron chi connectivity index (χ4n) is 1.57. The van der Waals surface area contributed by atoms with Gasteiger partial charge in [-0.15, -0.1) is 5.10 Å². The second kappa shape index (κ2) is 5.27. The molecular weight excluding hydrogens is 268 g/mol. The Hall–Kier alpha value is -2.08. The van der Waals surface area contributed by atoms with Crippen LogP contribution in [0.25, 0.3) is 0 Å². The third-order valence-electron chi connectivity index (χ3n) is 2.56. The van der Waals surface area contributed by atoms with Crippen LogP contribution >= 0.6 is 11.6 Å². The van der Waals surface area contributed by atoms with E-state index in [1.165, 1.54) is 18.0 Å².